The summed E-state index contributed by atoms with van der Waals surface area (Å²) < 4.78 is 33.7. The Bertz CT molecular complexity index is 1290. The highest BCUT2D eigenvalue weighted by molar-refractivity contribution is 7.89. The number of ether oxygens (including phenoxy) is 1. The van der Waals surface area contributed by atoms with Gasteiger partial charge in [0.1, 0.15) is 5.75 Å². The van der Waals surface area contributed by atoms with Crippen molar-refractivity contribution in [2.24, 2.45) is 0 Å². The molecule has 1 fully saturated rings. The van der Waals surface area contributed by atoms with Gasteiger partial charge in [-0.2, -0.15) is 0 Å². The molecular formula is C25H31ClN4O5S. The number of nitrogens with one attached hydrogen (secondary N) is 2. The third kappa shape index (κ3) is 6.50. The fraction of sp³-hybridized carbons (Fsp3) is 0.400. The van der Waals surface area contributed by atoms with Gasteiger partial charge in [0.15, 0.2) is 0 Å². The number of carboxylic acid groups (broad SMARTS) is 1. The smallest absolute Gasteiger partial charge is 0.407 e. The van der Waals surface area contributed by atoms with Crippen molar-refractivity contribution in [3.8, 4) is 5.75 Å². The summed E-state index contributed by atoms with van der Waals surface area (Å²) in [5, 5.41) is 10.7. The highest BCUT2D eigenvalue weighted by Gasteiger charge is 2.31. The molecular weight excluding hydrogens is 504 g/mol. The fourth-order valence-corrected chi connectivity index (χ4v) is 5.49. The molecule has 194 valence electrons. The Morgan fingerprint density at radius 2 is 1.97 bits per heavy atom. The molecule has 0 aliphatic carbocycles. The van der Waals surface area contributed by atoms with E-state index >= 15 is 0 Å². The van der Waals surface area contributed by atoms with Crippen molar-refractivity contribution in [3.05, 3.63) is 59.2 Å². The molecule has 4 rings (SSSR count). The van der Waals surface area contributed by atoms with Crippen molar-refractivity contribution in [2.45, 2.75) is 30.2 Å². The molecule has 0 unspecified atom stereocenters. The van der Waals surface area contributed by atoms with Gasteiger partial charge in [-0.25, -0.2) is 17.9 Å². The minimum atomic E-state index is -3.60. The number of halogens is 1. The predicted molar refractivity (Wildman–Crippen MR) is 139 cm³/mol. The van der Waals surface area contributed by atoms with Crippen LogP contribution in [0.5, 0.6) is 5.75 Å². The minimum Gasteiger partial charge on any atom is -0.494 e. The van der Waals surface area contributed by atoms with E-state index in [2.05, 4.69) is 14.6 Å². The Labute approximate surface area is 216 Å². The third-order valence-corrected chi connectivity index (χ3v) is 8.17. The van der Waals surface area contributed by atoms with Crippen LogP contribution in [0.1, 0.15) is 18.4 Å². The topological polar surface area (TPSA) is 115 Å². The number of sulfonamides is 1. The van der Waals surface area contributed by atoms with Gasteiger partial charge in [0, 0.05) is 55.3 Å². The minimum absolute atomic E-state index is 0.0548. The number of aromatic amines is 1. The summed E-state index contributed by atoms with van der Waals surface area (Å²) in [7, 11) is -2.01. The maximum absolute atomic E-state index is 12.6. The van der Waals surface area contributed by atoms with Crippen molar-refractivity contribution >= 4 is 38.6 Å². The molecule has 0 atom stereocenters. The number of aryl methyl sites for hydroxylation is 1. The van der Waals surface area contributed by atoms with Gasteiger partial charge in [-0.05, 0) is 67.3 Å². The zero-order chi connectivity index (χ0) is 25.7. The number of nitrogens with zero attached hydrogens (tertiary/aromatic N) is 2. The number of likely N-dealkylation sites (tertiary alicyclic amines) is 1. The van der Waals surface area contributed by atoms with Gasteiger partial charge >= 0.3 is 6.09 Å². The normalized spacial score (nSPS) is 14.6. The van der Waals surface area contributed by atoms with Gasteiger partial charge in [0.2, 0.25) is 10.0 Å². The lowest BCUT2D eigenvalue weighted by molar-refractivity contribution is 0.0462. The zero-order valence-corrected chi connectivity index (χ0v) is 21.7. The zero-order valence-electron chi connectivity index (χ0n) is 20.1. The van der Waals surface area contributed by atoms with Crippen LogP contribution in [0.2, 0.25) is 5.02 Å². The maximum atomic E-state index is 12.6. The standard InChI is InChI=1S/C25H31ClN4O5S/c1-29(25(31)32)20-16-30(17-20)12-3-13-35-21-6-8-22(9-7-21)36(33,34)28-11-2-4-18-15-27-24-10-5-19(26)14-23(18)24/h5-10,14-15,20,27-28H,2-4,11-13,16-17H2,1H3,(H,31,32). The summed E-state index contributed by atoms with van der Waals surface area (Å²) in [4.78, 5) is 17.9. The molecule has 2 heterocycles. The van der Waals surface area contributed by atoms with E-state index in [9.17, 15) is 13.2 Å². The molecule has 1 saturated heterocycles. The molecule has 1 aliphatic rings. The Morgan fingerprint density at radius 1 is 1.22 bits per heavy atom. The van der Waals surface area contributed by atoms with Crippen molar-refractivity contribution in [3.63, 3.8) is 0 Å². The molecule has 1 aliphatic heterocycles. The highest BCUT2D eigenvalue weighted by Crippen LogP contribution is 2.23. The summed E-state index contributed by atoms with van der Waals surface area (Å²) in [6.45, 7) is 3.12. The first-order valence-electron chi connectivity index (χ1n) is 11.9. The lowest BCUT2D eigenvalue weighted by Crippen LogP contribution is -2.59. The number of aromatic nitrogens is 1. The number of fused-ring (bicyclic) bond motifs is 1. The van der Waals surface area contributed by atoms with Crippen LogP contribution in [0.3, 0.4) is 0 Å². The number of H-pyrrole nitrogens is 1. The van der Waals surface area contributed by atoms with E-state index in [-0.39, 0.29) is 10.9 Å². The fourth-order valence-electron chi connectivity index (χ4n) is 4.25. The van der Waals surface area contributed by atoms with E-state index in [1.54, 1.807) is 31.3 Å². The monoisotopic (exact) mass is 534 g/mol. The lowest BCUT2D eigenvalue weighted by Gasteiger charge is -2.42. The second-order valence-electron chi connectivity index (χ2n) is 8.99. The number of carbonyl (C=O) groups is 1. The highest BCUT2D eigenvalue weighted by atomic mass is 35.5. The van der Waals surface area contributed by atoms with Crippen LogP contribution in [-0.4, -0.2) is 80.3 Å². The Kier molecular flexibility index (Phi) is 8.40. The lowest BCUT2D eigenvalue weighted by atomic mass is 10.1. The summed E-state index contributed by atoms with van der Waals surface area (Å²) >= 11 is 6.09. The molecule has 0 bridgehead atoms. The molecule has 2 aromatic carbocycles. The van der Waals surface area contributed by atoms with Crippen LogP contribution in [0.15, 0.2) is 53.6 Å². The number of benzene rings is 2. The van der Waals surface area contributed by atoms with Crippen molar-refractivity contribution in [2.75, 3.05) is 39.8 Å². The Balaban J connectivity index is 1.16. The van der Waals surface area contributed by atoms with E-state index in [1.807, 2.05) is 24.4 Å². The van der Waals surface area contributed by atoms with Crippen molar-refractivity contribution < 1.29 is 23.1 Å². The van der Waals surface area contributed by atoms with Gasteiger partial charge in [-0.15, -0.1) is 0 Å². The average molecular weight is 535 g/mol. The van der Waals surface area contributed by atoms with E-state index in [0.29, 0.717) is 30.3 Å². The summed E-state index contributed by atoms with van der Waals surface area (Å²) in [6, 6.07) is 12.1. The predicted octanol–water partition coefficient (Wildman–Crippen LogP) is 3.80. The van der Waals surface area contributed by atoms with Crippen LogP contribution >= 0.6 is 11.6 Å². The second-order valence-corrected chi connectivity index (χ2v) is 11.2. The SMILES string of the molecule is CN(C(=O)O)C1CN(CCCOc2ccc(S(=O)(=O)NCCCc3c[nH]c4ccc(Cl)cc34)cc2)C1. The van der Waals surface area contributed by atoms with E-state index in [1.165, 1.54) is 4.90 Å². The molecule has 1 amide bonds. The van der Waals surface area contributed by atoms with E-state index in [0.717, 1.165) is 48.9 Å². The Morgan fingerprint density at radius 3 is 2.69 bits per heavy atom. The van der Waals surface area contributed by atoms with Crippen LogP contribution in [0.25, 0.3) is 10.9 Å². The van der Waals surface area contributed by atoms with Crippen LogP contribution < -0.4 is 9.46 Å². The number of amides is 1. The Hall–Kier alpha value is -2.79. The van der Waals surface area contributed by atoms with Crippen LogP contribution in [0.4, 0.5) is 4.79 Å². The molecule has 0 saturated carbocycles. The molecule has 36 heavy (non-hydrogen) atoms. The first-order valence-corrected chi connectivity index (χ1v) is 13.8. The molecule has 1 aromatic heterocycles. The van der Waals surface area contributed by atoms with Crippen LogP contribution in [0, 0.1) is 0 Å². The number of hydrogen-bond donors (Lipinski definition) is 3. The first kappa shape index (κ1) is 26.3. The van der Waals surface area contributed by atoms with E-state index in [4.69, 9.17) is 21.4 Å². The second kappa shape index (κ2) is 11.5. The van der Waals surface area contributed by atoms with Gasteiger partial charge in [-0.3, -0.25) is 4.90 Å². The molecule has 0 radical (unpaired) electrons. The largest absolute Gasteiger partial charge is 0.494 e. The molecule has 9 nitrogen and oxygen atoms in total. The van der Waals surface area contributed by atoms with Gasteiger partial charge < -0.3 is 19.7 Å². The number of rotatable bonds is 12. The van der Waals surface area contributed by atoms with Crippen molar-refractivity contribution in [1.29, 1.82) is 0 Å². The maximum Gasteiger partial charge on any atom is 0.407 e. The van der Waals surface area contributed by atoms with Gasteiger partial charge in [0.05, 0.1) is 17.5 Å². The summed E-state index contributed by atoms with van der Waals surface area (Å²) in [6.07, 6.45) is 3.22. The van der Waals surface area contributed by atoms with Crippen LogP contribution in [-0.2, 0) is 16.4 Å². The van der Waals surface area contributed by atoms with E-state index < -0.39 is 16.1 Å². The number of hydrogen-bond acceptors (Lipinski definition) is 5. The molecule has 3 aromatic rings. The van der Waals surface area contributed by atoms with Crippen molar-refractivity contribution in [1.82, 2.24) is 19.5 Å². The molecule has 11 heteroatoms. The summed E-state index contributed by atoms with van der Waals surface area (Å²) in [5.41, 5.74) is 2.12. The molecule has 0 spiro atoms. The summed E-state index contributed by atoms with van der Waals surface area (Å²) in [5.74, 6) is 0.610. The first-order chi connectivity index (χ1) is 17.2. The molecule has 3 N–H and O–H groups in total. The number of likely N-dealkylation sites (N-methyl/N-ethyl adjacent to an activating group) is 1. The van der Waals surface area contributed by atoms with Gasteiger partial charge in [0.25, 0.3) is 0 Å². The average Bonchev–Trinajstić information content (AvgIpc) is 3.22. The quantitative estimate of drug-likeness (QED) is 0.304. The third-order valence-electron chi connectivity index (χ3n) is 6.45. The van der Waals surface area contributed by atoms with Gasteiger partial charge in [-0.1, -0.05) is 11.6 Å².